The van der Waals surface area contributed by atoms with E-state index in [2.05, 4.69) is 43.5 Å². The van der Waals surface area contributed by atoms with Crippen LogP contribution in [-0.4, -0.2) is 12.3 Å². The molecule has 1 aliphatic carbocycles. The first-order valence-electron chi connectivity index (χ1n) is 6.92. The minimum atomic E-state index is 0.555. The van der Waals surface area contributed by atoms with Crippen LogP contribution < -0.4 is 0 Å². The zero-order valence-corrected chi connectivity index (χ0v) is 10.8. The first-order chi connectivity index (χ1) is 8.34. The Morgan fingerprint density at radius 3 is 2.59 bits per heavy atom. The number of aliphatic imine (C=N–C) groups is 1. The maximum atomic E-state index is 4.75. The van der Waals surface area contributed by atoms with Crippen LogP contribution in [0, 0.1) is 5.92 Å². The molecule has 0 heterocycles. The second-order valence-electron chi connectivity index (χ2n) is 5.26. The van der Waals surface area contributed by atoms with E-state index < -0.39 is 0 Å². The summed E-state index contributed by atoms with van der Waals surface area (Å²) in [4.78, 5) is 4.75. The predicted octanol–water partition coefficient (Wildman–Crippen LogP) is 4.27. The van der Waals surface area contributed by atoms with Gasteiger partial charge in [-0.3, -0.25) is 4.99 Å². The van der Waals surface area contributed by atoms with E-state index in [4.69, 9.17) is 4.99 Å². The van der Waals surface area contributed by atoms with Gasteiger partial charge in [-0.1, -0.05) is 56.5 Å². The molecule has 1 aromatic carbocycles. The van der Waals surface area contributed by atoms with E-state index in [-0.39, 0.29) is 0 Å². The lowest BCUT2D eigenvalue weighted by molar-refractivity contribution is 0.443. The SMILES string of the molecule is CC(/C=N\C1CCCCC1)Cc1ccccc1. The molecular formula is C16H23N. The third-order valence-electron chi connectivity index (χ3n) is 3.53. The Balaban J connectivity index is 1.80. The molecule has 0 N–H and O–H groups in total. The van der Waals surface area contributed by atoms with Crippen molar-refractivity contribution in [2.75, 3.05) is 0 Å². The Labute approximate surface area is 105 Å². The van der Waals surface area contributed by atoms with Gasteiger partial charge < -0.3 is 0 Å². The molecule has 0 aliphatic heterocycles. The molecule has 1 unspecified atom stereocenters. The summed E-state index contributed by atoms with van der Waals surface area (Å²) in [6, 6.07) is 11.3. The molecule has 17 heavy (non-hydrogen) atoms. The van der Waals surface area contributed by atoms with Crippen molar-refractivity contribution in [2.45, 2.75) is 51.5 Å². The van der Waals surface area contributed by atoms with Crippen LogP contribution in [-0.2, 0) is 6.42 Å². The van der Waals surface area contributed by atoms with Crippen molar-refractivity contribution in [3.05, 3.63) is 35.9 Å². The highest BCUT2D eigenvalue weighted by molar-refractivity contribution is 5.61. The molecule has 0 aromatic heterocycles. The molecule has 1 aromatic rings. The number of benzene rings is 1. The number of hydrogen-bond acceptors (Lipinski definition) is 1. The highest BCUT2D eigenvalue weighted by Crippen LogP contribution is 2.20. The summed E-state index contributed by atoms with van der Waals surface area (Å²) in [5.74, 6) is 0.555. The number of rotatable bonds is 4. The molecule has 1 nitrogen and oxygen atoms in total. The molecule has 0 saturated heterocycles. The van der Waals surface area contributed by atoms with Crippen molar-refractivity contribution in [1.82, 2.24) is 0 Å². The van der Waals surface area contributed by atoms with Crippen LogP contribution in [0.25, 0.3) is 0 Å². The van der Waals surface area contributed by atoms with Gasteiger partial charge in [0.1, 0.15) is 0 Å². The largest absolute Gasteiger partial charge is 0.294 e. The first kappa shape index (κ1) is 12.3. The average molecular weight is 229 g/mol. The van der Waals surface area contributed by atoms with Crippen LogP contribution in [0.15, 0.2) is 35.3 Å². The van der Waals surface area contributed by atoms with Crippen LogP contribution in [0.1, 0.15) is 44.6 Å². The minimum Gasteiger partial charge on any atom is -0.294 e. The van der Waals surface area contributed by atoms with Crippen LogP contribution in [0.5, 0.6) is 0 Å². The Morgan fingerprint density at radius 2 is 1.88 bits per heavy atom. The van der Waals surface area contributed by atoms with E-state index in [1.165, 1.54) is 37.7 Å². The first-order valence-corrected chi connectivity index (χ1v) is 6.92. The molecule has 1 aliphatic rings. The number of nitrogens with zero attached hydrogens (tertiary/aromatic N) is 1. The summed E-state index contributed by atoms with van der Waals surface area (Å²) in [5, 5.41) is 0. The van der Waals surface area contributed by atoms with Gasteiger partial charge in [0.05, 0.1) is 0 Å². The lowest BCUT2D eigenvalue weighted by Crippen LogP contribution is -2.11. The van der Waals surface area contributed by atoms with E-state index in [0.29, 0.717) is 12.0 Å². The molecule has 0 spiro atoms. The van der Waals surface area contributed by atoms with Crippen molar-refractivity contribution in [1.29, 1.82) is 0 Å². The predicted molar refractivity (Wildman–Crippen MR) is 74.7 cm³/mol. The van der Waals surface area contributed by atoms with E-state index in [0.717, 1.165) is 6.42 Å². The second-order valence-corrected chi connectivity index (χ2v) is 5.26. The van der Waals surface area contributed by atoms with Gasteiger partial charge in [0.25, 0.3) is 0 Å². The fourth-order valence-corrected chi connectivity index (χ4v) is 2.54. The van der Waals surface area contributed by atoms with Gasteiger partial charge in [-0.05, 0) is 30.7 Å². The van der Waals surface area contributed by atoms with Crippen molar-refractivity contribution < 1.29 is 0 Å². The third kappa shape index (κ3) is 4.33. The van der Waals surface area contributed by atoms with Crippen molar-refractivity contribution in [3.63, 3.8) is 0 Å². The summed E-state index contributed by atoms with van der Waals surface area (Å²) in [6.45, 7) is 2.26. The highest BCUT2D eigenvalue weighted by Gasteiger charge is 2.11. The zero-order valence-electron chi connectivity index (χ0n) is 10.8. The summed E-state index contributed by atoms with van der Waals surface area (Å²) in [6.07, 6.45) is 10.0. The maximum absolute atomic E-state index is 4.75. The summed E-state index contributed by atoms with van der Waals surface area (Å²) in [7, 11) is 0. The summed E-state index contributed by atoms with van der Waals surface area (Å²) in [5.41, 5.74) is 1.41. The quantitative estimate of drug-likeness (QED) is 0.684. The highest BCUT2D eigenvalue weighted by atomic mass is 14.8. The Kier molecular flexibility index (Phi) is 4.78. The molecule has 1 saturated carbocycles. The molecule has 92 valence electrons. The molecule has 2 rings (SSSR count). The summed E-state index contributed by atoms with van der Waals surface area (Å²) < 4.78 is 0. The average Bonchev–Trinajstić information content (AvgIpc) is 2.39. The monoisotopic (exact) mass is 229 g/mol. The third-order valence-corrected chi connectivity index (χ3v) is 3.53. The van der Waals surface area contributed by atoms with Crippen molar-refractivity contribution >= 4 is 6.21 Å². The Morgan fingerprint density at radius 1 is 1.18 bits per heavy atom. The molecule has 0 radical (unpaired) electrons. The molecule has 1 heteroatoms. The fraction of sp³-hybridized carbons (Fsp3) is 0.562. The molecule has 0 amide bonds. The standard InChI is InChI=1S/C16H23N/c1-14(12-15-8-4-2-5-9-15)13-17-16-10-6-3-7-11-16/h2,4-5,8-9,13-14,16H,3,6-7,10-12H2,1H3/b17-13-. The fourth-order valence-electron chi connectivity index (χ4n) is 2.54. The van der Waals surface area contributed by atoms with Gasteiger partial charge in [-0.15, -0.1) is 0 Å². The van der Waals surface area contributed by atoms with E-state index >= 15 is 0 Å². The van der Waals surface area contributed by atoms with Gasteiger partial charge >= 0.3 is 0 Å². The number of hydrogen-bond donors (Lipinski definition) is 0. The second kappa shape index (κ2) is 6.58. The van der Waals surface area contributed by atoms with Gasteiger partial charge in [0, 0.05) is 12.3 Å². The smallest absolute Gasteiger partial charge is 0.0495 e. The molecular weight excluding hydrogens is 206 g/mol. The van der Waals surface area contributed by atoms with Crippen molar-refractivity contribution in [2.24, 2.45) is 10.9 Å². The minimum absolute atomic E-state index is 0.555. The van der Waals surface area contributed by atoms with Crippen LogP contribution in [0.3, 0.4) is 0 Å². The van der Waals surface area contributed by atoms with Crippen LogP contribution >= 0.6 is 0 Å². The normalized spacial score (nSPS) is 19.6. The Hall–Kier alpha value is -1.11. The van der Waals surface area contributed by atoms with Gasteiger partial charge in [0.2, 0.25) is 0 Å². The lowest BCUT2D eigenvalue weighted by Gasteiger charge is -2.18. The van der Waals surface area contributed by atoms with E-state index in [1.807, 2.05) is 0 Å². The topological polar surface area (TPSA) is 12.4 Å². The zero-order chi connectivity index (χ0) is 11.9. The molecule has 0 bridgehead atoms. The van der Waals surface area contributed by atoms with E-state index in [9.17, 15) is 0 Å². The van der Waals surface area contributed by atoms with Crippen LogP contribution in [0.4, 0.5) is 0 Å². The molecule has 1 fully saturated rings. The van der Waals surface area contributed by atoms with Gasteiger partial charge in [-0.25, -0.2) is 0 Å². The Bertz CT molecular complexity index is 336. The van der Waals surface area contributed by atoms with Crippen LogP contribution in [0.2, 0.25) is 0 Å². The summed E-state index contributed by atoms with van der Waals surface area (Å²) >= 11 is 0. The van der Waals surface area contributed by atoms with E-state index in [1.54, 1.807) is 0 Å². The lowest BCUT2D eigenvalue weighted by atomic mass is 9.95. The van der Waals surface area contributed by atoms with Crippen molar-refractivity contribution in [3.8, 4) is 0 Å². The molecule has 1 atom stereocenters. The van der Waals surface area contributed by atoms with Gasteiger partial charge in [-0.2, -0.15) is 0 Å². The maximum Gasteiger partial charge on any atom is 0.0495 e. The van der Waals surface area contributed by atoms with Gasteiger partial charge in [0.15, 0.2) is 0 Å².